The van der Waals surface area contributed by atoms with E-state index in [2.05, 4.69) is 15.9 Å². The van der Waals surface area contributed by atoms with Crippen molar-refractivity contribution in [2.24, 2.45) is 5.73 Å². The highest BCUT2D eigenvalue weighted by Gasteiger charge is 2.12. The third kappa shape index (κ3) is 4.25. The number of ether oxygens (including phenoxy) is 1. The van der Waals surface area contributed by atoms with Gasteiger partial charge in [-0.25, -0.2) is 4.39 Å². The van der Waals surface area contributed by atoms with Gasteiger partial charge in [-0.15, -0.1) is 0 Å². The molecule has 0 aliphatic rings. The second-order valence-electron chi connectivity index (χ2n) is 4.82. The SMILES string of the molecule is CCC(N)Cc1cccc(Oc2cc(Br)cc(F)c2F)c1. The van der Waals surface area contributed by atoms with Crippen LogP contribution in [0.15, 0.2) is 40.9 Å². The molecule has 2 rings (SSSR count). The van der Waals surface area contributed by atoms with Crippen molar-refractivity contribution in [2.45, 2.75) is 25.8 Å². The van der Waals surface area contributed by atoms with Crippen molar-refractivity contribution in [3.63, 3.8) is 0 Å². The largest absolute Gasteiger partial charge is 0.454 e. The van der Waals surface area contributed by atoms with Gasteiger partial charge in [-0.2, -0.15) is 4.39 Å². The zero-order valence-corrected chi connectivity index (χ0v) is 13.2. The highest BCUT2D eigenvalue weighted by molar-refractivity contribution is 9.10. The molecule has 1 unspecified atom stereocenters. The predicted molar refractivity (Wildman–Crippen MR) is 82.5 cm³/mol. The molecule has 112 valence electrons. The number of halogens is 3. The lowest BCUT2D eigenvalue weighted by Crippen LogP contribution is -2.21. The molecule has 0 amide bonds. The van der Waals surface area contributed by atoms with E-state index >= 15 is 0 Å². The summed E-state index contributed by atoms with van der Waals surface area (Å²) in [6, 6.07) is 9.73. The quantitative estimate of drug-likeness (QED) is 0.781. The first kappa shape index (κ1) is 15.9. The second-order valence-corrected chi connectivity index (χ2v) is 5.74. The molecule has 0 bridgehead atoms. The van der Waals surface area contributed by atoms with Crippen molar-refractivity contribution >= 4 is 15.9 Å². The normalized spacial score (nSPS) is 12.2. The van der Waals surface area contributed by atoms with Crippen molar-refractivity contribution in [1.29, 1.82) is 0 Å². The Balaban J connectivity index is 2.22. The predicted octanol–water partition coefficient (Wildman–Crippen LogP) is 4.80. The van der Waals surface area contributed by atoms with Crippen LogP contribution in [0.2, 0.25) is 0 Å². The molecular formula is C16H16BrF2NO. The van der Waals surface area contributed by atoms with E-state index in [-0.39, 0.29) is 11.8 Å². The Kier molecular flexibility index (Phi) is 5.31. The summed E-state index contributed by atoms with van der Waals surface area (Å²) in [4.78, 5) is 0. The van der Waals surface area contributed by atoms with E-state index in [1.165, 1.54) is 6.07 Å². The molecule has 21 heavy (non-hydrogen) atoms. The first-order valence-corrected chi connectivity index (χ1v) is 7.45. The van der Waals surface area contributed by atoms with Gasteiger partial charge < -0.3 is 10.5 Å². The van der Waals surface area contributed by atoms with E-state index in [4.69, 9.17) is 10.5 Å². The van der Waals surface area contributed by atoms with Crippen molar-refractivity contribution in [3.05, 3.63) is 58.1 Å². The van der Waals surface area contributed by atoms with Crippen LogP contribution in [0.5, 0.6) is 11.5 Å². The van der Waals surface area contributed by atoms with E-state index < -0.39 is 11.6 Å². The van der Waals surface area contributed by atoms with Gasteiger partial charge >= 0.3 is 0 Å². The summed E-state index contributed by atoms with van der Waals surface area (Å²) in [6.07, 6.45) is 1.58. The zero-order valence-electron chi connectivity index (χ0n) is 11.6. The summed E-state index contributed by atoms with van der Waals surface area (Å²) in [6.45, 7) is 2.02. The van der Waals surface area contributed by atoms with Gasteiger partial charge in [0.25, 0.3) is 0 Å². The maximum absolute atomic E-state index is 13.7. The summed E-state index contributed by atoms with van der Waals surface area (Å²) in [5.41, 5.74) is 6.91. The standard InChI is InChI=1S/C16H16BrF2NO/c1-2-12(20)6-10-4-3-5-13(7-10)21-15-9-11(17)8-14(18)16(15)19/h3-5,7-9,12H,2,6,20H2,1H3. The highest BCUT2D eigenvalue weighted by atomic mass is 79.9. The minimum absolute atomic E-state index is 0.0697. The van der Waals surface area contributed by atoms with E-state index in [9.17, 15) is 8.78 Å². The average Bonchev–Trinajstić information content (AvgIpc) is 2.44. The van der Waals surface area contributed by atoms with E-state index in [1.807, 2.05) is 13.0 Å². The highest BCUT2D eigenvalue weighted by Crippen LogP contribution is 2.30. The molecule has 0 aliphatic carbocycles. The molecule has 0 radical (unpaired) electrons. The van der Waals surface area contributed by atoms with Crippen LogP contribution in [-0.4, -0.2) is 6.04 Å². The molecule has 2 aromatic rings. The molecular weight excluding hydrogens is 340 g/mol. The molecule has 0 aliphatic heterocycles. The second kappa shape index (κ2) is 7.00. The lowest BCUT2D eigenvalue weighted by atomic mass is 10.0. The minimum Gasteiger partial charge on any atom is -0.454 e. The summed E-state index contributed by atoms with van der Waals surface area (Å²) in [5, 5.41) is 0. The minimum atomic E-state index is -1.01. The van der Waals surface area contributed by atoms with Gasteiger partial charge in [-0.1, -0.05) is 35.0 Å². The molecule has 5 heteroatoms. The maximum atomic E-state index is 13.7. The summed E-state index contributed by atoms with van der Waals surface area (Å²) < 4.78 is 32.9. The van der Waals surface area contributed by atoms with Gasteiger partial charge in [0.1, 0.15) is 5.75 Å². The first-order valence-electron chi connectivity index (χ1n) is 6.66. The molecule has 0 aromatic heterocycles. The topological polar surface area (TPSA) is 35.2 Å². The molecule has 2 aromatic carbocycles. The van der Waals surface area contributed by atoms with Crippen LogP contribution < -0.4 is 10.5 Å². The monoisotopic (exact) mass is 355 g/mol. The fourth-order valence-corrected chi connectivity index (χ4v) is 2.33. The van der Waals surface area contributed by atoms with E-state index in [0.29, 0.717) is 16.6 Å². The number of rotatable bonds is 5. The smallest absolute Gasteiger partial charge is 0.201 e. The molecule has 0 fully saturated rings. The van der Waals surface area contributed by atoms with Crippen molar-refractivity contribution in [2.75, 3.05) is 0 Å². The molecule has 1 atom stereocenters. The van der Waals surface area contributed by atoms with Crippen LogP contribution >= 0.6 is 15.9 Å². The van der Waals surface area contributed by atoms with Crippen molar-refractivity contribution < 1.29 is 13.5 Å². The molecule has 0 heterocycles. The van der Waals surface area contributed by atoms with Gasteiger partial charge in [0, 0.05) is 10.5 Å². The van der Waals surface area contributed by atoms with Gasteiger partial charge in [0.05, 0.1) is 0 Å². The van der Waals surface area contributed by atoms with Gasteiger partial charge in [0.15, 0.2) is 11.6 Å². The van der Waals surface area contributed by atoms with E-state index in [0.717, 1.165) is 18.1 Å². The third-order valence-electron chi connectivity index (χ3n) is 3.11. The molecule has 0 saturated carbocycles. The molecule has 0 saturated heterocycles. The maximum Gasteiger partial charge on any atom is 0.201 e. The van der Waals surface area contributed by atoms with E-state index in [1.54, 1.807) is 18.2 Å². The van der Waals surface area contributed by atoms with Gasteiger partial charge in [-0.3, -0.25) is 0 Å². The molecule has 2 N–H and O–H groups in total. The summed E-state index contributed by atoms with van der Waals surface area (Å²) in [7, 11) is 0. The van der Waals surface area contributed by atoms with Crippen LogP contribution in [-0.2, 0) is 6.42 Å². The van der Waals surface area contributed by atoms with Crippen molar-refractivity contribution in [1.82, 2.24) is 0 Å². The van der Waals surface area contributed by atoms with Crippen LogP contribution in [0.4, 0.5) is 8.78 Å². The number of nitrogens with two attached hydrogens (primary N) is 1. The van der Waals surface area contributed by atoms with Crippen LogP contribution in [0.25, 0.3) is 0 Å². The van der Waals surface area contributed by atoms with Crippen molar-refractivity contribution in [3.8, 4) is 11.5 Å². The Bertz CT molecular complexity index is 634. The van der Waals surface area contributed by atoms with Crippen LogP contribution in [0.1, 0.15) is 18.9 Å². The average molecular weight is 356 g/mol. The summed E-state index contributed by atoms with van der Waals surface area (Å²) >= 11 is 3.11. The Labute approximate surface area is 131 Å². The van der Waals surface area contributed by atoms with Crippen LogP contribution in [0, 0.1) is 11.6 Å². The number of hydrogen-bond donors (Lipinski definition) is 1. The third-order valence-corrected chi connectivity index (χ3v) is 3.57. The fourth-order valence-electron chi connectivity index (χ4n) is 1.92. The first-order chi connectivity index (χ1) is 9.99. The Morgan fingerprint density at radius 1 is 1.24 bits per heavy atom. The number of hydrogen-bond acceptors (Lipinski definition) is 2. The Morgan fingerprint density at radius 2 is 2.00 bits per heavy atom. The van der Waals surface area contributed by atoms with Gasteiger partial charge in [-0.05, 0) is 42.7 Å². The summed E-state index contributed by atoms with van der Waals surface area (Å²) in [5.74, 6) is -1.66. The Hall–Kier alpha value is -1.46. The fraction of sp³-hybridized carbons (Fsp3) is 0.250. The lowest BCUT2D eigenvalue weighted by Gasteiger charge is -2.11. The zero-order chi connectivity index (χ0) is 15.4. The Morgan fingerprint density at radius 3 is 2.71 bits per heavy atom. The molecule has 0 spiro atoms. The molecule has 2 nitrogen and oxygen atoms in total. The number of benzene rings is 2. The van der Waals surface area contributed by atoms with Crippen LogP contribution in [0.3, 0.4) is 0 Å². The van der Waals surface area contributed by atoms with Gasteiger partial charge in [0.2, 0.25) is 5.82 Å². The lowest BCUT2D eigenvalue weighted by molar-refractivity contribution is 0.415.